The fraction of sp³-hybridized carbons (Fsp3) is 0.316. The lowest BCUT2D eigenvalue weighted by Crippen LogP contribution is -2.30. The van der Waals surface area contributed by atoms with Gasteiger partial charge in [-0.15, -0.1) is 0 Å². The average Bonchev–Trinajstić information content (AvgIpc) is 2.66. The van der Waals surface area contributed by atoms with E-state index in [0.717, 1.165) is 31.4 Å². The Bertz CT molecular complexity index is 895. The maximum atomic E-state index is 12.5. The van der Waals surface area contributed by atoms with Crippen LogP contribution in [0.4, 0.5) is 8.78 Å². The van der Waals surface area contributed by atoms with Gasteiger partial charge in [-0.3, -0.25) is 4.79 Å². The molecule has 1 unspecified atom stereocenters. The van der Waals surface area contributed by atoms with Gasteiger partial charge in [0.1, 0.15) is 0 Å². The molecule has 0 radical (unpaired) electrons. The van der Waals surface area contributed by atoms with Gasteiger partial charge < -0.3 is 5.32 Å². The zero-order valence-electron chi connectivity index (χ0n) is 14.0. The van der Waals surface area contributed by atoms with Crippen molar-refractivity contribution in [3.8, 4) is 0 Å². The van der Waals surface area contributed by atoms with Gasteiger partial charge >= 0.3 is 5.76 Å². The Morgan fingerprint density at radius 3 is 2.50 bits per heavy atom. The first-order valence-corrected chi connectivity index (χ1v) is 9.92. The van der Waals surface area contributed by atoms with Crippen molar-refractivity contribution in [1.82, 2.24) is 5.32 Å². The highest BCUT2D eigenvalue weighted by Crippen LogP contribution is 2.30. The van der Waals surface area contributed by atoms with Crippen LogP contribution in [0.2, 0.25) is 0 Å². The second kappa shape index (κ2) is 7.53. The summed E-state index contributed by atoms with van der Waals surface area (Å²) in [6.45, 7) is 0.479. The van der Waals surface area contributed by atoms with Crippen LogP contribution in [0.3, 0.4) is 0 Å². The first kappa shape index (κ1) is 18.5. The third-order valence-corrected chi connectivity index (χ3v) is 6.08. The molecule has 0 bridgehead atoms. The molecule has 0 heterocycles. The van der Waals surface area contributed by atoms with E-state index in [1.165, 1.54) is 23.3 Å². The SMILES string of the molecule is O=C(NCC1CCCc2ccccc21)c1ccc(S(=O)(=O)C(F)F)cc1. The molecule has 2 aromatic carbocycles. The summed E-state index contributed by atoms with van der Waals surface area (Å²) in [6.07, 6.45) is 3.10. The summed E-state index contributed by atoms with van der Waals surface area (Å²) in [6, 6.07) is 12.7. The number of amides is 1. The quantitative estimate of drug-likeness (QED) is 0.864. The van der Waals surface area contributed by atoms with Gasteiger partial charge in [0.15, 0.2) is 0 Å². The number of aryl methyl sites for hydroxylation is 1. The van der Waals surface area contributed by atoms with Gasteiger partial charge in [-0.1, -0.05) is 24.3 Å². The third kappa shape index (κ3) is 3.77. The zero-order chi connectivity index (χ0) is 18.7. The Kier molecular flexibility index (Phi) is 5.36. The molecule has 1 atom stereocenters. The summed E-state index contributed by atoms with van der Waals surface area (Å²) < 4.78 is 47.9. The van der Waals surface area contributed by atoms with Crippen molar-refractivity contribution in [2.45, 2.75) is 35.8 Å². The van der Waals surface area contributed by atoms with E-state index >= 15 is 0 Å². The highest BCUT2D eigenvalue weighted by Gasteiger charge is 2.26. The van der Waals surface area contributed by atoms with E-state index < -0.39 is 20.5 Å². The van der Waals surface area contributed by atoms with Crippen LogP contribution in [0.25, 0.3) is 0 Å². The Morgan fingerprint density at radius 2 is 1.81 bits per heavy atom. The molecule has 1 aliphatic carbocycles. The molecule has 0 spiro atoms. The van der Waals surface area contributed by atoms with E-state index in [4.69, 9.17) is 0 Å². The van der Waals surface area contributed by atoms with E-state index in [9.17, 15) is 22.0 Å². The van der Waals surface area contributed by atoms with E-state index in [0.29, 0.717) is 6.54 Å². The van der Waals surface area contributed by atoms with Gasteiger partial charge in [0, 0.05) is 18.0 Å². The first-order valence-electron chi connectivity index (χ1n) is 8.37. The normalized spacial score (nSPS) is 17.0. The minimum absolute atomic E-state index is 0.238. The third-order valence-electron chi connectivity index (χ3n) is 4.68. The molecule has 0 aromatic heterocycles. The van der Waals surface area contributed by atoms with Crippen molar-refractivity contribution in [1.29, 1.82) is 0 Å². The topological polar surface area (TPSA) is 63.2 Å². The number of fused-ring (bicyclic) bond motifs is 1. The molecule has 0 saturated carbocycles. The smallest absolute Gasteiger partial charge is 0.341 e. The minimum Gasteiger partial charge on any atom is -0.351 e. The van der Waals surface area contributed by atoms with Crippen molar-refractivity contribution in [3.05, 3.63) is 65.2 Å². The number of halogens is 2. The van der Waals surface area contributed by atoms with Crippen molar-refractivity contribution in [3.63, 3.8) is 0 Å². The number of benzene rings is 2. The number of hydrogen-bond donors (Lipinski definition) is 1. The molecule has 0 fully saturated rings. The molecule has 0 saturated heterocycles. The number of sulfone groups is 1. The zero-order valence-corrected chi connectivity index (χ0v) is 14.8. The summed E-state index contributed by atoms with van der Waals surface area (Å²) in [4.78, 5) is 11.8. The van der Waals surface area contributed by atoms with E-state index in [-0.39, 0.29) is 17.4 Å². The average molecular weight is 379 g/mol. The van der Waals surface area contributed by atoms with Gasteiger partial charge in [-0.05, 0) is 54.7 Å². The summed E-state index contributed by atoms with van der Waals surface area (Å²) >= 11 is 0. The number of alkyl halides is 2. The van der Waals surface area contributed by atoms with E-state index in [2.05, 4.69) is 17.4 Å². The predicted octanol–water partition coefficient (Wildman–Crippen LogP) is 3.53. The minimum atomic E-state index is -4.65. The molecule has 4 nitrogen and oxygen atoms in total. The maximum Gasteiger partial charge on any atom is 0.341 e. The van der Waals surface area contributed by atoms with Gasteiger partial charge in [-0.2, -0.15) is 8.78 Å². The Morgan fingerprint density at radius 1 is 1.12 bits per heavy atom. The molecule has 1 aliphatic rings. The lowest BCUT2D eigenvalue weighted by molar-refractivity contribution is 0.0950. The van der Waals surface area contributed by atoms with Crippen LogP contribution < -0.4 is 5.32 Å². The molecule has 0 aliphatic heterocycles. The van der Waals surface area contributed by atoms with Crippen LogP contribution in [0, 0.1) is 0 Å². The van der Waals surface area contributed by atoms with Crippen LogP contribution >= 0.6 is 0 Å². The van der Waals surface area contributed by atoms with Crippen LogP contribution in [-0.4, -0.2) is 26.6 Å². The number of nitrogens with one attached hydrogen (secondary N) is 1. The lowest BCUT2D eigenvalue weighted by atomic mass is 9.83. The molecule has 1 amide bonds. The van der Waals surface area contributed by atoms with Crippen LogP contribution in [0.5, 0.6) is 0 Å². The molecular formula is C19H19F2NO3S. The molecule has 7 heteroatoms. The summed E-state index contributed by atoms with van der Waals surface area (Å²) in [7, 11) is -4.65. The molecule has 3 rings (SSSR count). The monoisotopic (exact) mass is 379 g/mol. The second-order valence-electron chi connectivity index (χ2n) is 6.33. The van der Waals surface area contributed by atoms with Crippen molar-refractivity contribution >= 4 is 15.7 Å². The molecule has 26 heavy (non-hydrogen) atoms. The standard InChI is InChI=1S/C19H19F2NO3S/c20-19(21)26(24,25)16-10-8-14(9-11-16)18(23)22-12-15-6-3-5-13-4-1-2-7-17(13)15/h1-2,4,7-11,15,19H,3,5-6,12H2,(H,22,23). The fourth-order valence-corrected chi connectivity index (χ4v) is 4.00. The second-order valence-corrected chi connectivity index (χ2v) is 8.25. The highest BCUT2D eigenvalue weighted by molar-refractivity contribution is 7.91. The summed E-state index contributed by atoms with van der Waals surface area (Å²) in [5.41, 5.74) is 2.79. The Hall–Kier alpha value is -2.28. The van der Waals surface area contributed by atoms with Gasteiger partial charge in [-0.25, -0.2) is 8.42 Å². The van der Waals surface area contributed by atoms with Crippen LogP contribution in [-0.2, 0) is 16.3 Å². The van der Waals surface area contributed by atoms with Crippen LogP contribution in [0.1, 0.15) is 40.2 Å². The number of carbonyl (C=O) groups is 1. The number of rotatable bonds is 5. The van der Waals surface area contributed by atoms with Gasteiger partial charge in [0.05, 0.1) is 4.90 Å². The predicted molar refractivity (Wildman–Crippen MR) is 94.1 cm³/mol. The van der Waals surface area contributed by atoms with Crippen LogP contribution in [0.15, 0.2) is 53.4 Å². The number of carbonyl (C=O) groups excluding carboxylic acids is 1. The van der Waals surface area contributed by atoms with Gasteiger partial charge in [0.25, 0.3) is 5.91 Å². The summed E-state index contributed by atoms with van der Waals surface area (Å²) in [5, 5.41) is 2.85. The Balaban J connectivity index is 1.66. The van der Waals surface area contributed by atoms with E-state index in [1.54, 1.807) is 0 Å². The molecule has 138 valence electrons. The Labute approximate surface area is 151 Å². The van der Waals surface area contributed by atoms with E-state index in [1.807, 2.05) is 12.1 Å². The lowest BCUT2D eigenvalue weighted by Gasteiger charge is -2.25. The summed E-state index contributed by atoms with van der Waals surface area (Å²) in [5.74, 6) is -3.59. The van der Waals surface area contributed by atoms with Crippen molar-refractivity contribution in [2.75, 3.05) is 6.54 Å². The fourth-order valence-electron chi connectivity index (χ4n) is 3.28. The largest absolute Gasteiger partial charge is 0.351 e. The van der Waals surface area contributed by atoms with Gasteiger partial charge in [0.2, 0.25) is 9.84 Å². The molecular weight excluding hydrogens is 360 g/mol. The first-order chi connectivity index (χ1) is 12.4. The van der Waals surface area contributed by atoms with Crippen molar-refractivity contribution in [2.24, 2.45) is 0 Å². The molecule has 1 N–H and O–H groups in total. The number of hydrogen-bond acceptors (Lipinski definition) is 3. The van der Waals surface area contributed by atoms with Crippen molar-refractivity contribution < 1.29 is 22.0 Å². The molecule has 2 aromatic rings. The maximum absolute atomic E-state index is 12.5. The highest BCUT2D eigenvalue weighted by atomic mass is 32.2.